The minimum absolute atomic E-state index is 0.631. The summed E-state index contributed by atoms with van der Waals surface area (Å²) in [6.45, 7) is 1.79. The molecule has 0 atom stereocenters. The summed E-state index contributed by atoms with van der Waals surface area (Å²) >= 11 is 0. The minimum atomic E-state index is 0.631. The van der Waals surface area contributed by atoms with E-state index in [1.54, 1.807) is 19.1 Å². The molecule has 0 unspecified atom stereocenters. The van der Waals surface area contributed by atoms with E-state index in [1.165, 1.54) is 0 Å². The molecule has 0 amide bonds. The van der Waals surface area contributed by atoms with Gasteiger partial charge in [-0.15, -0.1) is 0 Å². The molecule has 2 aromatic rings. The Bertz CT molecular complexity index is 431. The van der Waals surface area contributed by atoms with Crippen molar-refractivity contribution in [2.75, 3.05) is 0 Å². The molecule has 60 valence electrons. The molecule has 0 aliphatic heterocycles. The zero-order valence-electron chi connectivity index (χ0n) is 6.57. The summed E-state index contributed by atoms with van der Waals surface area (Å²) in [4.78, 5) is 10.6. The van der Waals surface area contributed by atoms with Crippen molar-refractivity contribution in [3.8, 4) is 0 Å². The Balaban J connectivity index is 2.93. The van der Waals surface area contributed by atoms with Crippen LogP contribution < -0.4 is 0 Å². The van der Waals surface area contributed by atoms with Crippen LogP contribution in [0.1, 0.15) is 16.1 Å². The first-order valence-electron chi connectivity index (χ1n) is 3.63. The number of carbonyl (C=O) groups is 1. The maximum Gasteiger partial charge on any atom is 0.150 e. The van der Waals surface area contributed by atoms with E-state index in [0.717, 1.165) is 17.2 Å². The number of benzene rings is 1. The van der Waals surface area contributed by atoms with Crippen molar-refractivity contribution in [2.24, 2.45) is 0 Å². The number of aryl methyl sites for hydroxylation is 1. The zero-order valence-corrected chi connectivity index (χ0v) is 6.57. The maximum absolute atomic E-state index is 10.6. The molecular formula is C9H7NO2. The Morgan fingerprint density at radius 3 is 3.08 bits per heavy atom. The van der Waals surface area contributed by atoms with Crippen molar-refractivity contribution in [3.05, 3.63) is 29.5 Å². The van der Waals surface area contributed by atoms with Gasteiger partial charge in [-0.3, -0.25) is 4.79 Å². The van der Waals surface area contributed by atoms with Crippen LogP contribution in [-0.4, -0.2) is 11.4 Å². The molecule has 0 saturated heterocycles. The molecule has 1 heterocycles. The molecule has 3 heteroatoms. The van der Waals surface area contributed by atoms with Gasteiger partial charge in [0, 0.05) is 5.56 Å². The second-order valence-electron chi connectivity index (χ2n) is 2.60. The summed E-state index contributed by atoms with van der Waals surface area (Å²) in [5.41, 5.74) is 1.36. The quantitative estimate of drug-likeness (QED) is 0.600. The Hall–Kier alpha value is -1.64. The van der Waals surface area contributed by atoms with E-state index in [1.807, 2.05) is 6.07 Å². The number of aromatic nitrogens is 1. The summed E-state index contributed by atoms with van der Waals surface area (Å²) < 4.78 is 4.95. The van der Waals surface area contributed by atoms with Crippen molar-refractivity contribution in [1.82, 2.24) is 5.16 Å². The Kier molecular flexibility index (Phi) is 1.43. The van der Waals surface area contributed by atoms with Crippen molar-refractivity contribution in [1.29, 1.82) is 0 Å². The third kappa shape index (κ3) is 0.830. The van der Waals surface area contributed by atoms with Gasteiger partial charge in [-0.2, -0.15) is 0 Å². The molecule has 0 N–H and O–H groups in total. The van der Waals surface area contributed by atoms with Crippen molar-refractivity contribution < 1.29 is 9.32 Å². The van der Waals surface area contributed by atoms with Crippen LogP contribution >= 0.6 is 0 Å². The molecule has 3 nitrogen and oxygen atoms in total. The summed E-state index contributed by atoms with van der Waals surface area (Å²) in [5.74, 6) is 0.688. The van der Waals surface area contributed by atoms with Crippen molar-refractivity contribution >= 4 is 17.2 Å². The van der Waals surface area contributed by atoms with E-state index in [4.69, 9.17) is 4.52 Å². The third-order valence-corrected chi connectivity index (χ3v) is 1.83. The molecule has 0 aliphatic rings. The molecule has 2 rings (SSSR count). The number of hydrogen-bond donors (Lipinski definition) is 0. The fourth-order valence-electron chi connectivity index (χ4n) is 1.28. The number of aldehydes is 1. The standard InChI is InChI=1S/C9H7NO2/c1-6-9-7(5-11)3-2-4-8(9)10-12-6/h2-5H,1H3. The van der Waals surface area contributed by atoms with Crippen molar-refractivity contribution in [2.45, 2.75) is 6.92 Å². The molecule has 0 aliphatic carbocycles. The molecule has 1 aromatic heterocycles. The van der Waals surface area contributed by atoms with Gasteiger partial charge in [0.1, 0.15) is 11.3 Å². The largest absolute Gasteiger partial charge is 0.360 e. The van der Waals surface area contributed by atoms with E-state index < -0.39 is 0 Å². The first kappa shape index (κ1) is 7.03. The molecule has 1 aromatic carbocycles. The van der Waals surface area contributed by atoms with Gasteiger partial charge in [0.2, 0.25) is 0 Å². The fourth-order valence-corrected chi connectivity index (χ4v) is 1.28. The highest BCUT2D eigenvalue weighted by atomic mass is 16.5. The predicted molar refractivity (Wildman–Crippen MR) is 44.1 cm³/mol. The lowest BCUT2D eigenvalue weighted by molar-refractivity contribution is 0.112. The van der Waals surface area contributed by atoms with Crippen LogP contribution in [0.15, 0.2) is 22.7 Å². The molecule has 0 radical (unpaired) electrons. The van der Waals surface area contributed by atoms with Crippen LogP contribution in [0.5, 0.6) is 0 Å². The third-order valence-electron chi connectivity index (χ3n) is 1.83. The van der Waals surface area contributed by atoms with Crippen LogP contribution in [0.4, 0.5) is 0 Å². The van der Waals surface area contributed by atoms with Gasteiger partial charge in [0.05, 0.1) is 5.39 Å². The fraction of sp³-hybridized carbons (Fsp3) is 0.111. The lowest BCUT2D eigenvalue weighted by Gasteiger charge is -1.90. The molecule has 12 heavy (non-hydrogen) atoms. The van der Waals surface area contributed by atoms with Crippen LogP contribution in [0.25, 0.3) is 10.9 Å². The Morgan fingerprint density at radius 1 is 1.50 bits per heavy atom. The molecule has 0 bridgehead atoms. The summed E-state index contributed by atoms with van der Waals surface area (Å²) in [7, 11) is 0. The number of carbonyl (C=O) groups excluding carboxylic acids is 1. The first-order chi connectivity index (χ1) is 5.83. The number of hydrogen-bond acceptors (Lipinski definition) is 3. The Labute approximate surface area is 69.0 Å². The highest BCUT2D eigenvalue weighted by Gasteiger charge is 2.07. The molecule has 0 spiro atoms. The van der Waals surface area contributed by atoms with Gasteiger partial charge in [-0.1, -0.05) is 17.3 Å². The monoisotopic (exact) mass is 161 g/mol. The van der Waals surface area contributed by atoms with E-state index >= 15 is 0 Å². The van der Waals surface area contributed by atoms with Gasteiger partial charge in [0.15, 0.2) is 6.29 Å². The average molecular weight is 161 g/mol. The minimum Gasteiger partial charge on any atom is -0.360 e. The van der Waals surface area contributed by atoms with Gasteiger partial charge < -0.3 is 4.52 Å². The van der Waals surface area contributed by atoms with E-state index in [9.17, 15) is 4.79 Å². The van der Waals surface area contributed by atoms with Crippen LogP contribution in [0, 0.1) is 6.92 Å². The lowest BCUT2D eigenvalue weighted by atomic mass is 10.1. The van der Waals surface area contributed by atoms with Crippen LogP contribution in [0.3, 0.4) is 0 Å². The summed E-state index contributed by atoms with van der Waals surface area (Å²) in [6, 6.07) is 5.35. The zero-order chi connectivity index (χ0) is 8.55. The van der Waals surface area contributed by atoms with E-state index in [-0.39, 0.29) is 0 Å². The predicted octanol–water partition coefficient (Wildman–Crippen LogP) is 1.95. The molecule has 0 fully saturated rings. The lowest BCUT2D eigenvalue weighted by Crippen LogP contribution is -1.81. The molecule has 0 saturated carbocycles. The first-order valence-corrected chi connectivity index (χ1v) is 3.63. The smallest absolute Gasteiger partial charge is 0.150 e. The normalized spacial score (nSPS) is 10.4. The average Bonchev–Trinajstić information content (AvgIpc) is 2.48. The maximum atomic E-state index is 10.6. The topological polar surface area (TPSA) is 43.1 Å². The second kappa shape index (κ2) is 2.44. The van der Waals surface area contributed by atoms with Crippen molar-refractivity contribution in [3.63, 3.8) is 0 Å². The number of fused-ring (bicyclic) bond motifs is 1. The van der Waals surface area contributed by atoms with Crippen LogP contribution in [-0.2, 0) is 0 Å². The van der Waals surface area contributed by atoms with Gasteiger partial charge in [0.25, 0.3) is 0 Å². The SMILES string of the molecule is Cc1onc2cccc(C=O)c12. The number of rotatable bonds is 1. The summed E-state index contributed by atoms with van der Waals surface area (Å²) in [5, 5.41) is 4.61. The van der Waals surface area contributed by atoms with Gasteiger partial charge in [-0.05, 0) is 13.0 Å². The Morgan fingerprint density at radius 2 is 2.33 bits per heavy atom. The van der Waals surface area contributed by atoms with Gasteiger partial charge in [-0.25, -0.2) is 0 Å². The number of nitrogens with zero attached hydrogens (tertiary/aromatic N) is 1. The molecular weight excluding hydrogens is 154 g/mol. The highest BCUT2D eigenvalue weighted by Crippen LogP contribution is 2.20. The van der Waals surface area contributed by atoms with Gasteiger partial charge >= 0.3 is 0 Å². The van der Waals surface area contributed by atoms with Crippen LogP contribution in [0.2, 0.25) is 0 Å². The summed E-state index contributed by atoms with van der Waals surface area (Å²) in [6.07, 6.45) is 0.812. The van der Waals surface area contributed by atoms with E-state index in [0.29, 0.717) is 11.3 Å². The second-order valence-corrected chi connectivity index (χ2v) is 2.60. The van der Waals surface area contributed by atoms with E-state index in [2.05, 4.69) is 5.16 Å². The highest BCUT2D eigenvalue weighted by molar-refractivity contribution is 5.97.